The molecule has 1 saturated carbocycles. The maximum atomic E-state index is 11.9. The van der Waals surface area contributed by atoms with E-state index < -0.39 is 6.10 Å². The van der Waals surface area contributed by atoms with Gasteiger partial charge in [-0.25, -0.2) is 4.79 Å². The number of hydrogen-bond donors (Lipinski definition) is 1. The Labute approximate surface area is 101 Å². The highest BCUT2D eigenvalue weighted by molar-refractivity contribution is 5.89. The molecule has 0 heterocycles. The van der Waals surface area contributed by atoms with Gasteiger partial charge in [0.05, 0.1) is 11.7 Å². The van der Waals surface area contributed by atoms with Crippen molar-refractivity contribution in [2.75, 3.05) is 0 Å². The van der Waals surface area contributed by atoms with Crippen molar-refractivity contribution in [3.8, 4) is 0 Å². The lowest BCUT2D eigenvalue weighted by molar-refractivity contribution is -0.0360. The molecular formula is C14H18O3. The fourth-order valence-electron chi connectivity index (χ4n) is 2.19. The monoisotopic (exact) mass is 234 g/mol. The number of aryl methyl sites for hydroxylation is 1. The molecule has 1 aromatic carbocycles. The van der Waals surface area contributed by atoms with Gasteiger partial charge in [-0.1, -0.05) is 24.1 Å². The average molecular weight is 234 g/mol. The molecule has 0 unspecified atom stereocenters. The number of aliphatic hydroxyl groups excluding tert-OH is 1. The van der Waals surface area contributed by atoms with Gasteiger partial charge in [0.25, 0.3) is 0 Å². The molecule has 1 aromatic rings. The number of aliphatic hydroxyl groups is 1. The van der Waals surface area contributed by atoms with Crippen LogP contribution in [0.5, 0.6) is 0 Å². The Kier molecular flexibility index (Phi) is 3.79. The number of carbonyl (C=O) groups excluding carboxylic acids is 1. The molecule has 0 spiro atoms. The molecule has 0 aromatic heterocycles. The fraction of sp³-hybridized carbons (Fsp3) is 0.500. The van der Waals surface area contributed by atoms with Crippen LogP contribution in [0.3, 0.4) is 0 Å². The number of carbonyl (C=O) groups is 1. The van der Waals surface area contributed by atoms with Crippen LogP contribution in [0, 0.1) is 6.92 Å². The average Bonchev–Trinajstić information content (AvgIpc) is 2.32. The molecule has 1 aliphatic rings. The summed E-state index contributed by atoms with van der Waals surface area (Å²) in [7, 11) is 0. The highest BCUT2D eigenvalue weighted by Crippen LogP contribution is 2.22. The molecule has 1 N–H and O–H groups in total. The van der Waals surface area contributed by atoms with E-state index in [1.165, 1.54) is 0 Å². The number of ether oxygens (including phenoxy) is 1. The van der Waals surface area contributed by atoms with Crippen LogP contribution in [0.2, 0.25) is 0 Å². The topological polar surface area (TPSA) is 46.5 Å². The van der Waals surface area contributed by atoms with Crippen molar-refractivity contribution in [3.63, 3.8) is 0 Å². The molecule has 0 aliphatic heterocycles. The summed E-state index contributed by atoms with van der Waals surface area (Å²) in [5.41, 5.74) is 1.59. The lowest BCUT2D eigenvalue weighted by Gasteiger charge is -2.27. The molecule has 0 amide bonds. The zero-order valence-corrected chi connectivity index (χ0v) is 10.1. The molecule has 17 heavy (non-hydrogen) atoms. The first-order valence-electron chi connectivity index (χ1n) is 6.12. The molecule has 3 nitrogen and oxygen atoms in total. The summed E-state index contributed by atoms with van der Waals surface area (Å²) in [6.45, 7) is 1.94. The molecule has 92 valence electrons. The maximum absolute atomic E-state index is 11.9. The normalized spacial score (nSPS) is 24.4. The van der Waals surface area contributed by atoms with Crippen molar-refractivity contribution in [2.45, 2.75) is 44.8 Å². The summed E-state index contributed by atoms with van der Waals surface area (Å²) >= 11 is 0. The number of rotatable bonds is 2. The van der Waals surface area contributed by atoms with Crippen LogP contribution >= 0.6 is 0 Å². The van der Waals surface area contributed by atoms with Crippen molar-refractivity contribution in [3.05, 3.63) is 35.4 Å². The van der Waals surface area contributed by atoms with E-state index in [0.29, 0.717) is 5.56 Å². The van der Waals surface area contributed by atoms with Crippen molar-refractivity contribution in [1.82, 2.24) is 0 Å². The smallest absolute Gasteiger partial charge is 0.338 e. The molecule has 0 radical (unpaired) electrons. The summed E-state index contributed by atoms with van der Waals surface area (Å²) in [6.07, 6.45) is 2.68. The van der Waals surface area contributed by atoms with E-state index in [9.17, 15) is 9.90 Å². The number of benzene rings is 1. The minimum absolute atomic E-state index is 0.334. The van der Waals surface area contributed by atoms with Gasteiger partial charge in [-0.05, 0) is 38.3 Å². The van der Waals surface area contributed by atoms with Crippen molar-refractivity contribution >= 4 is 5.97 Å². The number of esters is 1. The van der Waals surface area contributed by atoms with Gasteiger partial charge >= 0.3 is 5.97 Å². The zero-order valence-electron chi connectivity index (χ0n) is 10.1. The molecule has 3 heteroatoms. The van der Waals surface area contributed by atoms with Crippen molar-refractivity contribution in [2.24, 2.45) is 0 Å². The van der Waals surface area contributed by atoms with Gasteiger partial charge in [0, 0.05) is 0 Å². The maximum Gasteiger partial charge on any atom is 0.338 e. The third-order valence-corrected chi connectivity index (χ3v) is 3.18. The minimum Gasteiger partial charge on any atom is -0.456 e. The molecular weight excluding hydrogens is 216 g/mol. The summed E-state index contributed by atoms with van der Waals surface area (Å²) in [5, 5.41) is 9.74. The predicted molar refractivity (Wildman–Crippen MR) is 64.9 cm³/mol. The van der Waals surface area contributed by atoms with Crippen molar-refractivity contribution in [1.29, 1.82) is 0 Å². The first kappa shape index (κ1) is 12.1. The Hall–Kier alpha value is -1.35. The van der Waals surface area contributed by atoms with Gasteiger partial charge in [-0.2, -0.15) is 0 Å². The van der Waals surface area contributed by atoms with Crippen LogP contribution < -0.4 is 0 Å². The molecule has 0 saturated heterocycles. The van der Waals surface area contributed by atoms with E-state index in [4.69, 9.17) is 4.74 Å². The predicted octanol–water partition coefficient (Wildman–Crippen LogP) is 2.46. The Balaban J connectivity index is 2.01. The summed E-state index contributed by atoms with van der Waals surface area (Å²) < 4.78 is 5.36. The van der Waals surface area contributed by atoms with E-state index in [1.807, 2.05) is 19.1 Å². The third kappa shape index (κ3) is 3.07. The van der Waals surface area contributed by atoms with Gasteiger partial charge in [-0.3, -0.25) is 0 Å². The molecule has 0 bridgehead atoms. The van der Waals surface area contributed by atoms with E-state index >= 15 is 0 Å². The van der Waals surface area contributed by atoms with Gasteiger partial charge in [0.1, 0.15) is 6.10 Å². The Morgan fingerprint density at radius 1 is 1.35 bits per heavy atom. The second-order valence-electron chi connectivity index (χ2n) is 4.67. The van der Waals surface area contributed by atoms with Crippen LogP contribution in [0.1, 0.15) is 41.6 Å². The molecule has 1 aliphatic carbocycles. The van der Waals surface area contributed by atoms with Crippen molar-refractivity contribution < 1.29 is 14.6 Å². The Morgan fingerprint density at radius 3 is 2.82 bits per heavy atom. The van der Waals surface area contributed by atoms with Crippen LogP contribution in [-0.2, 0) is 4.74 Å². The summed E-state index contributed by atoms with van der Waals surface area (Å²) in [5.74, 6) is -0.334. The largest absolute Gasteiger partial charge is 0.456 e. The molecule has 1 fully saturated rings. The standard InChI is InChI=1S/C14H18O3/c1-10-5-4-6-11(9-10)14(16)17-13-8-3-2-7-12(13)15/h4-6,9,12-13,15H,2-3,7-8H2,1H3/t12-,13+/m0/s1. The second kappa shape index (κ2) is 5.32. The second-order valence-corrected chi connectivity index (χ2v) is 4.67. The van der Waals surface area contributed by atoms with E-state index in [0.717, 1.165) is 31.2 Å². The van der Waals surface area contributed by atoms with E-state index in [-0.39, 0.29) is 12.1 Å². The van der Waals surface area contributed by atoms with Crippen LogP contribution in [0.15, 0.2) is 24.3 Å². The first-order chi connectivity index (χ1) is 8.16. The van der Waals surface area contributed by atoms with Crippen LogP contribution in [-0.4, -0.2) is 23.3 Å². The third-order valence-electron chi connectivity index (χ3n) is 3.18. The molecule has 2 atom stereocenters. The molecule has 2 rings (SSSR count). The Bertz CT molecular complexity index is 400. The van der Waals surface area contributed by atoms with E-state index in [1.54, 1.807) is 12.1 Å². The van der Waals surface area contributed by atoms with Crippen LogP contribution in [0.4, 0.5) is 0 Å². The lowest BCUT2D eigenvalue weighted by Crippen LogP contribution is -2.34. The zero-order chi connectivity index (χ0) is 12.3. The van der Waals surface area contributed by atoms with Gasteiger partial charge in [0.15, 0.2) is 0 Å². The summed E-state index contributed by atoms with van der Waals surface area (Å²) in [6, 6.07) is 7.32. The summed E-state index contributed by atoms with van der Waals surface area (Å²) in [4.78, 5) is 11.9. The SMILES string of the molecule is Cc1cccc(C(=O)O[C@@H]2CCCC[C@@H]2O)c1. The number of hydrogen-bond acceptors (Lipinski definition) is 3. The van der Waals surface area contributed by atoms with E-state index in [2.05, 4.69) is 0 Å². The highest BCUT2D eigenvalue weighted by Gasteiger charge is 2.26. The van der Waals surface area contributed by atoms with Gasteiger partial charge in [0.2, 0.25) is 0 Å². The van der Waals surface area contributed by atoms with Gasteiger partial charge < -0.3 is 9.84 Å². The Morgan fingerprint density at radius 2 is 2.12 bits per heavy atom. The minimum atomic E-state index is -0.502. The quantitative estimate of drug-likeness (QED) is 0.799. The van der Waals surface area contributed by atoms with Gasteiger partial charge in [-0.15, -0.1) is 0 Å². The fourth-order valence-corrected chi connectivity index (χ4v) is 2.19. The lowest BCUT2D eigenvalue weighted by atomic mass is 9.95. The highest BCUT2D eigenvalue weighted by atomic mass is 16.6. The first-order valence-corrected chi connectivity index (χ1v) is 6.12. The van der Waals surface area contributed by atoms with Crippen LogP contribution in [0.25, 0.3) is 0 Å².